The molecule has 1 N–H and O–H groups in total. The lowest BCUT2D eigenvalue weighted by atomic mass is 10.1. The maximum absolute atomic E-state index is 12.0. The molecule has 0 spiro atoms. The van der Waals surface area contributed by atoms with Crippen molar-refractivity contribution in [2.45, 2.75) is 18.9 Å². The predicted molar refractivity (Wildman–Crippen MR) is 94.5 cm³/mol. The van der Waals surface area contributed by atoms with Crippen LogP contribution in [-0.4, -0.2) is 22.4 Å². The van der Waals surface area contributed by atoms with Gasteiger partial charge in [-0.15, -0.1) is 0 Å². The third-order valence-corrected chi connectivity index (χ3v) is 4.49. The molecule has 2 aromatic rings. The van der Waals surface area contributed by atoms with E-state index in [1.807, 2.05) is 6.07 Å². The number of hydrogen-bond donors (Lipinski definition) is 1. The van der Waals surface area contributed by atoms with Crippen molar-refractivity contribution in [1.29, 1.82) is 5.26 Å². The molecule has 0 saturated heterocycles. The Balaban J connectivity index is 2.10. The number of carbonyl (C=O) groups excluding carboxylic acids is 2. The number of ketones is 1. The minimum Gasteiger partial charge on any atom is -0.324 e. The van der Waals surface area contributed by atoms with Crippen molar-refractivity contribution in [2.75, 3.05) is 11.1 Å². The molecule has 0 aliphatic rings. The summed E-state index contributed by atoms with van der Waals surface area (Å²) in [7, 11) is 0. The van der Waals surface area contributed by atoms with E-state index in [0.29, 0.717) is 27.0 Å². The number of pyridine rings is 1. The van der Waals surface area contributed by atoms with Crippen LogP contribution in [0.25, 0.3) is 0 Å². The van der Waals surface area contributed by atoms with Crippen molar-refractivity contribution in [3.8, 4) is 6.07 Å². The normalized spacial score (nSPS) is 10.1. The van der Waals surface area contributed by atoms with Gasteiger partial charge in [-0.25, -0.2) is 4.98 Å². The van der Waals surface area contributed by atoms with E-state index < -0.39 is 0 Å². The van der Waals surface area contributed by atoms with Crippen molar-refractivity contribution in [3.05, 3.63) is 52.2 Å². The first-order valence-electron chi connectivity index (χ1n) is 7.02. The molecule has 0 aliphatic heterocycles. The summed E-state index contributed by atoms with van der Waals surface area (Å²) in [4.78, 5) is 27.8. The number of rotatable bonds is 5. The number of aromatic nitrogens is 1. The predicted octanol–water partition coefficient (Wildman–Crippen LogP) is 3.85. The van der Waals surface area contributed by atoms with Crippen LogP contribution < -0.4 is 5.32 Å². The van der Waals surface area contributed by atoms with Gasteiger partial charge in [-0.3, -0.25) is 9.59 Å². The maximum Gasteiger partial charge on any atom is 0.234 e. The van der Waals surface area contributed by atoms with Crippen LogP contribution in [0, 0.1) is 18.3 Å². The molecule has 0 unspecified atom stereocenters. The van der Waals surface area contributed by atoms with Gasteiger partial charge in [0.25, 0.3) is 0 Å². The smallest absolute Gasteiger partial charge is 0.234 e. The van der Waals surface area contributed by atoms with Gasteiger partial charge in [-0.2, -0.15) is 5.26 Å². The number of nitrogens with zero attached hydrogens (tertiary/aromatic N) is 2. The number of amides is 1. The number of halogens is 1. The Hall–Kier alpha value is -2.36. The molecule has 0 aliphatic carbocycles. The Kier molecular flexibility index (Phi) is 5.96. The number of thioether (sulfide) groups is 1. The Morgan fingerprint density at radius 2 is 2.08 bits per heavy atom. The molecule has 1 heterocycles. The zero-order valence-corrected chi connectivity index (χ0v) is 14.7. The summed E-state index contributed by atoms with van der Waals surface area (Å²) in [5, 5.41) is 12.8. The third kappa shape index (κ3) is 4.34. The van der Waals surface area contributed by atoms with Gasteiger partial charge in [0.05, 0.1) is 22.0 Å². The van der Waals surface area contributed by atoms with Crippen LogP contribution in [0.1, 0.15) is 28.5 Å². The number of hydrogen-bond acceptors (Lipinski definition) is 5. The molecular formula is C17H14ClN3O2S. The first-order chi connectivity index (χ1) is 11.4. The standard InChI is InChI=1S/C17H14ClN3O2S/c1-10-13(11(2)22)7-12(8-19)17(20-10)24-9-16(23)21-15-6-4-3-5-14(15)18/h3-7H,9H2,1-2H3,(H,21,23). The monoisotopic (exact) mass is 359 g/mol. The number of anilines is 1. The highest BCUT2D eigenvalue weighted by Crippen LogP contribution is 2.24. The molecule has 24 heavy (non-hydrogen) atoms. The lowest BCUT2D eigenvalue weighted by molar-refractivity contribution is -0.113. The molecule has 122 valence electrons. The van der Waals surface area contributed by atoms with E-state index in [1.165, 1.54) is 13.0 Å². The highest BCUT2D eigenvalue weighted by molar-refractivity contribution is 8.00. The molecule has 0 radical (unpaired) electrons. The van der Waals surface area contributed by atoms with Crippen LogP contribution in [-0.2, 0) is 4.79 Å². The maximum atomic E-state index is 12.0. The van der Waals surface area contributed by atoms with Crippen molar-refractivity contribution in [1.82, 2.24) is 4.98 Å². The Morgan fingerprint density at radius 1 is 1.38 bits per heavy atom. The SMILES string of the molecule is CC(=O)c1cc(C#N)c(SCC(=O)Nc2ccccc2Cl)nc1C. The summed E-state index contributed by atoms with van der Waals surface area (Å²) < 4.78 is 0. The summed E-state index contributed by atoms with van der Waals surface area (Å²) >= 11 is 7.13. The van der Waals surface area contributed by atoms with Gasteiger partial charge in [0.2, 0.25) is 5.91 Å². The van der Waals surface area contributed by atoms with Crippen LogP contribution in [0.15, 0.2) is 35.4 Å². The Bertz CT molecular complexity index is 846. The number of nitriles is 1. The number of Topliss-reactive ketones (excluding diaryl/α,β-unsaturated/α-hetero) is 1. The number of aryl methyl sites for hydroxylation is 1. The largest absolute Gasteiger partial charge is 0.324 e. The fourth-order valence-electron chi connectivity index (χ4n) is 2.01. The summed E-state index contributed by atoms with van der Waals surface area (Å²) in [6.45, 7) is 3.13. The van der Waals surface area contributed by atoms with Crippen LogP contribution >= 0.6 is 23.4 Å². The van der Waals surface area contributed by atoms with E-state index in [-0.39, 0.29) is 23.0 Å². The van der Waals surface area contributed by atoms with E-state index in [4.69, 9.17) is 11.6 Å². The van der Waals surface area contributed by atoms with E-state index in [2.05, 4.69) is 10.3 Å². The molecule has 1 aromatic heterocycles. The number of nitrogens with one attached hydrogen (secondary N) is 1. The van der Waals surface area contributed by atoms with Crippen LogP contribution in [0.2, 0.25) is 5.02 Å². The average Bonchev–Trinajstić information content (AvgIpc) is 2.54. The van der Waals surface area contributed by atoms with Gasteiger partial charge < -0.3 is 5.32 Å². The highest BCUT2D eigenvalue weighted by atomic mass is 35.5. The fraction of sp³-hybridized carbons (Fsp3) is 0.176. The molecule has 0 atom stereocenters. The van der Waals surface area contributed by atoms with Crippen LogP contribution in [0.3, 0.4) is 0 Å². The summed E-state index contributed by atoms with van der Waals surface area (Å²) in [5.41, 5.74) is 1.76. The van der Waals surface area contributed by atoms with E-state index in [9.17, 15) is 14.9 Å². The van der Waals surface area contributed by atoms with E-state index in [0.717, 1.165) is 11.8 Å². The lowest BCUT2D eigenvalue weighted by Gasteiger charge is -2.09. The molecule has 5 nitrogen and oxygen atoms in total. The lowest BCUT2D eigenvalue weighted by Crippen LogP contribution is -2.14. The Morgan fingerprint density at radius 3 is 2.71 bits per heavy atom. The van der Waals surface area contributed by atoms with Crippen LogP contribution in [0.4, 0.5) is 5.69 Å². The average molecular weight is 360 g/mol. The van der Waals surface area contributed by atoms with Crippen molar-refractivity contribution in [3.63, 3.8) is 0 Å². The Labute approximate surface area is 149 Å². The van der Waals surface area contributed by atoms with E-state index >= 15 is 0 Å². The van der Waals surface area contributed by atoms with Gasteiger partial charge >= 0.3 is 0 Å². The topological polar surface area (TPSA) is 82.8 Å². The zero-order valence-electron chi connectivity index (χ0n) is 13.1. The van der Waals surface area contributed by atoms with Crippen molar-refractivity contribution < 1.29 is 9.59 Å². The zero-order chi connectivity index (χ0) is 17.7. The quantitative estimate of drug-likeness (QED) is 0.647. The summed E-state index contributed by atoms with van der Waals surface area (Å²) in [6, 6.07) is 10.5. The highest BCUT2D eigenvalue weighted by Gasteiger charge is 2.14. The van der Waals surface area contributed by atoms with Gasteiger partial charge in [0.15, 0.2) is 5.78 Å². The molecule has 1 amide bonds. The first kappa shape index (κ1) is 18.0. The second-order valence-corrected chi connectivity index (χ2v) is 6.33. The molecule has 7 heteroatoms. The van der Waals surface area contributed by atoms with Gasteiger partial charge in [0, 0.05) is 11.3 Å². The number of benzene rings is 1. The number of carbonyl (C=O) groups is 2. The molecule has 0 fully saturated rings. The fourth-order valence-corrected chi connectivity index (χ4v) is 3.00. The number of para-hydroxylation sites is 1. The molecule has 1 aromatic carbocycles. The summed E-state index contributed by atoms with van der Waals surface area (Å²) in [6.07, 6.45) is 0. The minimum atomic E-state index is -0.257. The summed E-state index contributed by atoms with van der Waals surface area (Å²) in [5.74, 6) is -0.331. The third-order valence-electron chi connectivity index (χ3n) is 3.17. The van der Waals surface area contributed by atoms with Crippen molar-refractivity contribution >= 4 is 40.7 Å². The molecule has 0 bridgehead atoms. The molecule has 2 rings (SSSR count). The van der Waals surface area contributed by atoms with Gasteiger partial charge in [-0.05, 0) is 32.0 Å². The second-order valence-electron chi connectivity index (χ2n) is 4.96. The van der Waals surface area contributed by atoms with Gasteiger partial charge in [-0.1, -0.05) is 35.5 Å². The van der Waals surface area contributed by atoms with E-state index in [1.54, 1.807) is 31.2 Å². The van der Waals surface area contributed by atoms with Crippen LogP contribution in [0.5, 0.6) is 0 Å². The molecule has 0 saturated carbocycles. The second kappa shape index (κ2) is 7.95. The first-order valence-corrected chi connectivity index (χ1v) is 8.38. The van der Waals surface area contributed by atoms with Gasteiger partial charge in [0.1, 0.15) is 11.1 Å². The molecular weight excluding hydrogens is 346 g/mol. The minimum absolute atomic E-state index is 0.0752. The van der Waals surface area contributed by atoms with Crippen molar-refractivity contribution in [2.24, 2.45) is 0 Å².